The van der Waals surface area contributed by atoms with Crippen LogP contribution in [0.25, 0.3) is 0 Å². The van der Waals surface area contributed by atoms with Gasteiger partial charge in [0, 0.05) is 12.5 Å². The highest BCUT2D eigenvalue weighted by atomic mass is 32.2. The van der Waals surface area contributed by atoms with Crippen molar-refractivity contribution in [2.24, 2.45) is 4.36 Å². The van der Waals surface area contributed by atoms with Crippen LogP contribution in [0, 0.1) is 0 Å². The fourth-order valence-corrected chi connectivity index (χ4v) is 3.85. The zero-order chi connectivity index (χ0) is 16.0. The minimum Gasteiger partial charge on any atom is -0.381 e. The van der Waals surface area contributed by atoms with Gasteiger partial charge in [0.15, 0.2) is 0 Å². The monoisotopic (exact) mass is 323 g/mol. The van der Waals surface area contributed by atoms with Crippen LogP contribution in [-0.2, 0) is 20.7 Å². The summed E-state index contributed by atoms with van der Waals surface area (Å²) in [5.74, 6) is 0. The van der Waals surface area contributed by atoms with Crippen molar-refractivity contribution in [2.45, 2.75) is 63.0 Å². The van der Waals surface area contributed by atoms with Crippen molar-refractivity contribution in [3.8, 4) is 0 Å². The van der Waals surface area contributed by atoms with Crippen molar-refractivity contribution in [1.82, 2.24) is 0 Å². The van der Waals surface area contributed by atoms with Crippen molar-refractivity contribution in [2.75, 3.05) is 7.11 Å². The van der Waals surface area contributed by atoms with E-state index in [0.29, 0.717) is 6.10 Å². The van der Waals surface area contributed by atoms with E-state index < -0.39 is 10.5 Å². The quantitative estimate of drug-likeness (QED) is 0.695. The van der Waals surface area contributed by atoms with E-state index in [4.69, 9.17) is 4.74 Å². The first kappa shape index (κ1) is 17.2. The van der Waals surface area contributed by atoms with Gasteiger partial charge in [-0.2, -0.15) is 12.8 Å². The molecule has 1 fully saturated rings. The van der Waals surface area contributed by atoms with Gasteiger partial charge in [0.05, 0.1) is 12.1 Å². The average Bonchev–Trinajstić information content (AvgIpc) is 3.20. The topological polar surface area (TPSA) is 55.7 Å². The summed E-state index contributed by atoms with van der Waals surface area (Å²) in [5.41, 5.74) is 1.12. The SMILES string of the molecule is CCCC(CCCC1(c2ccccc2)CC1N=S(=O)=O)OC. The Labute approximate surface area is 134 Å². The summed E-state index contributed by atoms with van der Waals surface area (Å²) in [6, 6.07) is 10.1. The molecular formula is C17H25NO3S. The molecule has 0 bridgehead atoms. The number of rotatable bonds is 9. The van der Waals surface area contributed by atoms with Crippen LogP contribution in [0.5, 0.6) is 0 Å². The van der Waals surface area contributed by atoms with Gasteiger partial charge in [-0.1, -0.05) is 43.7 Å². The van der Waals surface area contributed by atoms with E-state index in [1.54, 1.807) is 7.11 Å². The summed E-state index contributed by atoms with van der Waals surface area (Å²) in [5, 5.41) is 0. The maximum Gasteiger partial charge on any atom is 0.311 e. The molecule has 1 aromatic carbocycles. The van der Waals surface area contributed by atoms with Gasteiger partial charge >= 0.3 is 10.5 Å². The molecule has 1 aliphatic carbocycles. The number of methoxy groups -OCH3 is 1. The molecule has 0 aliphatic heterocycles. The Balaban J connectivity index is 2.04. The van der Waals surface area contributed by atoms with Crippen molar-refractivity contribution in [3.05, 3.63) is 35.9 Å². The average molecular weight is 323 g/mol. The van der Waals surface area contributed by atoms with Gasteiger partial charge in [0.1, 0.15) is 0 Å². The minimum absolute atomic E-state index is 0.0914. The van der Waals surface area contributed by atoms with Gasteiger partial charge in [-0.15, -0.1) is 0 Å². The van der Waals surface area contributed by atoms with Crippen LogP contribution in [0.2, 0.25) is 0 Å². The maximum absolute atomic E-state index is 10.9. The zero-order valence-electron chi connectivity index (χ0n) is 13.4. The van der Waals surface area contributed by atoms with Gasteiger partial charge in [-0.25, -0.2) is 0 Å². The predicted molar refractivity (Wildman–Crippen MR) is 87.4 cm³/mol. The lowest BCUT2D eigenvalue weighted by atomic mass is 9.88. The molecule has 0 saturated heterocycles. The van der Waals surface area contributed by atoms with Crippen LogP contribution in [0.15, 0.2) is 34.7 Å². The van der Waals surface area contributed by atoms with Crippen LogP contribution in [0.4, 0.5) is 0 Å². The minimum atomic E-state index is -2.32. The molecule has 0 amide bonds. The Morgan fingerprint density at radius 3 is 2.64 bits per heavy atom. The van der Waals surface area contributed by atoms with Crippen LogP contribution in [0.1, 0.15) is 51.0 Å². The number of nitrogens with zero attached hydrogens (tertiary/aromatic N) is 1. The maximum atomic E-state index is 10.9. The third-order valence-electron chi connectivity index (χ3n) is 4.69. The molecule has 0 heterocycles. The molecule has 3 unspecified atom stereocenters. The zero-order valence-corrected chi connectivity index (χ0v) is 14.2. The van der Waals surface area contributed by atoms with Crippen molar-refractivity contribution in [3.63, 3.8) is 0 Å². The Morgan fingerprint density at radius 2 is 2.05 bits per heavy atom. The van der Waals surface area contributed by atoms with Crippen molar-refractivity contribution >= 4 is 10.5 Å². The highest BCUT2D eigenvalue weighted by Crippen LogP contribution is 2.54. The van der Waals surface area contributed by atoms with E-state index in [1.807, 2.05) is 18.2 Å². The molecule has 0 radical (unpaired) electrons. The van der Waals surface area contributed by atoms with Gasteiger partial charge in [-0.3, -0.25) is 0 Å². The summed E-state index contributed by atoms with van der Waals surface area (Å²) in [4.78, 5) is 0. The van der Waals surface area contributed by atoms with E-state index in [9.17, 15) is 8.42 Å². The molecular weight excluding hydrogens is 298 g/mol. The lowest BCUT2D eigenvalue weighted by Crippen LogP contribution is -2.15. The lowest BCUT2D eigenvalue weighted by molar-refractivity contribution is 0.0843. The Bertz CT molecular complexity index is 592. The first-order valence-electron chi connectivity index (χ1n) is 8.01. The second kappa shape index (κ2) is 7.88. The molecule has 1 aliphatic rings. The summed E-state index contributed by atoms with van der Waals surface area (Å²) >= 11 is 0. The van der Waals surface area contributed by atoms with Gasteiger partial charge in [0.2, 0.25) is 0 Å². The molecule has 3 atom stereocenters. The third kappa shape index (κ3) is 4.17. The van der Waals surface area contributed by atoms with Gasteiger partial charge in [-0.05, 0) is 37.7 Å². The molecule has 1 aromatic rings. The molecule has 0 spiro atoms. The highest BCUT2D eigenvalue weighted by molar-refractivity contribution is 7.61. The van der Waals surface area contributed by atoms with Gasteiger partial charge < -0.3 is 4.74 Å². The predicted octanol–water partition coefficient (Wildman–Crippen LogP) is 3.74. The normalized spacial score (nSPS) is 24.7. The Kier molecular flexibility index (Phi) is 6.15. The molecule has 0 aromatic heterocycles. The van der Waals surface area contributed by atoms with Crippen LogP contribution in [0.3, 0.4) is 0 Å². The molecule has 2 rings (SSSR count). The highest BCUT2D eigenvalue weighted by Gasteiger charge is 2.55. The fraction of sp³-hybridized carbons (Fsp3) is 0.647. The standard InChI is InChI=1S/C17H25NO3S/c1-3-8-15(21-2)11-7-12-17(13-16(17)18-22(19)20)14-9-5-4-6-10-14/h4-6,9-10,15-16H,3,7-8,11-13H2,1-2H3. The number of ether oxygens (including phenoxy) is 1. The van der Waals surface area contributed by atoms with Crippen LogP contribution >= 0.6 is 0 Å². The number of hydrogen-bond donors (Lipinski definition) is 0. The molecule has 122 valence electrons. The number of benzene rings is 1. The smallest absolute Gasteiger partial charge is 0.311 e. The first-order chi connectivity index (χ1) is 10.6. The summed E-state index contributed by atoms with van der Waals surface area (Å²) in [6.07, 6.45) is 6.35. The molecule has 4 nitrogen and oxygen atoms in total. The first-order valence-corrected chi connectivity index (χ1v) is 9.04. The van der Waals surface area contributed by atoms with E-state index in [0.717, 1.165) is 38.5 Å². The third-order valence-corrected chi connectivity index (χ3v) is 5.12. The summed E-state index contributed by atoms with van der Waals surface area (Å²) in [6.45, 7) is 2.16. The van der Waals surface area contributed by atoms with E-state index in [2.05, 4.69) is 23.4 Å². The van der Waals surface area contributed by atoms with Crippen molar-refractivity contribution in [1.29, 1.82) is 0 Å². The second-order valence-corrected chi connectivity index (χ2v) is 6.75. The molecule has 5 heteroatoms. The number of hydrogen-bond acceptors (Lipinski definition) is 4. The van der Waals surface area contributed by atoms with E-state index in [1.165, 1.54) is 5.56 Å². The van der Waals surface area contributed by atoms with Gasteiger partial charge in [0.25, 0.3) is 0 Å². The Hall–Kier alpha value is -1.20. The molecule has 0 N–H and O–H groups in total. The van der Waals surface area contributed by atoms with Crippen LogP contribution < -0.4 is 0 Å². The fourth-order valence-electron chi connectivity index (χ4n) is 3.37. The molecule has 22 heavy (non-hydrogen) atoms. The second-order valence-electron chi connectivity index (χ2n) is 6.10. The van der Waals surface area contributed by atoms with Crippen LogP contribution in [-0.4, -0.2) is 27.7 Å². The van der Waals surface area contributed by atoms with E-state index in [-0.39, 0.29) is 11.5 Å². The van der Waals surface area contributed by atoms with E-state index >= 15 is 0 Å². The summed E-state index contributed by atoms with van der Waals surface area (Å²) < 4.78 is 31.2. The summed E-state index contributed by atoms with van der Waals surface area (Å²) in [7, 11) is -0.555. The lowest BCUT2D eigenvalue weighted by Gasteiger charge is -2.19. The van der Waals surface area contributed by atoms with Crippen molar-refractivity contribution < 1.29 is 13.2 Å². The molecule has 1 saturated carbocycles. The largest absolute Gasteiger partial charge is 0.381 e. The Morgan fingerprint density at radius 1 is 1.32 bits per heavy atom.